The summed E-state index contributed by atoms with van der Waals surface area (Å²) in [7, 11) is 0. The summed E-state index contributed by atoms with van der Waals surface area (Å²) in [5.74, 6) is 0.371. The third kappa shape index (κ3) is 5.22. The minimum absolute atomic E-state index is 0.0135. The molecule has 104 valence electrons. The van der Waals surface area contributed by atoms with E-state index in [4.69, 9.17) is 4.74 Å². The molecule has 1 saturated heterocycles. The molecule has 0 spiro atoms. The summed E-state index contributed by atoms with van der Waals surface area (Å²) < 4.78 is 5.25. The first-order valence-corrected chi connectivity index (χ1v) is 7.45. The molecule has 18 heavy (non-hydrogen) atoms. The van der Waals surface area contributed by atoms with Crippen molar-refractivity contribution in [3.8, 4) is 0 Å². The summed E-state index contributed by atoms with van der Waals surface area (Å²) >= 11 is 1.76. The molecular formula is C13H22INO3. The highest BCUT2D eigenvalue weighted by molar-refractivity contribution is 14.1. The largest absolute Gasteiger partial charge is 0.381 e. The predicted octanol–water partition coefficient (Wildman–Crippen LogP) is 2.30. The van der Waals surface area contributed by atoms with Crippen LogP contribution < -0.4 is 5.32 Å². The fourth-order valence-corrected chi connectivity index (χ4v) is 3.14. The van der Waals surface area contributed by atoms with Gasteiger partial charge in [-0.25, -0.2) is 0 Å². The molecule has 0 bridgehead atoms. The smallest absolute Gasteiger partial charge is 0.220 e. The number of carbonyl (C=O) groups excluding carboxylic acids is 2. The Balaban J connectivity index is 2.48. The Hall–Kier alpha value is -0.170. The molecule has 1 N–H and O–H groups in total. The van der Waals surface area contributed by atoms with Gasteiger partial charge < -0.3 is 10.1 Å². The van der Waals surface area contributed by atoms with Gasteiger partial charge in [-0.15, -0.1) is 0 Å². The molecule has 1 heterocycles. The lowest BCUT2D eigenvalue weighted by molar-refractivity contribution is -0.127. The Kier molecular flexibility index (Phi) is 6.04. The highest BCUT2D eigenvalue weighted by atomic mass is 127. The van der Waals surface area contributed by atoms with Crippen LogP contribution in [0.15, 0.2) is 0 Å². The van der Waals surface area contributed by atoms with Crippen molar-refractivity contribution in [1.82, 2.24) is 5.32 Å². The first-order chi connectivity index (χ1) is 8.30. The monoisotopic (exact) mass is 367 g/mol. The number of halogens is 1. The number of hydrogen-bond donors (Lipinski definition) is 1. The van der Waals surface area contributed by atoms with Crippen molar-refractivity contribution >= 4 is 32.3 Å². The SMILES string of the molecule is CC(C)(C)C(NC(=O)CC1CCOCC1)C(=O)I. The molecule has 1 aliphatic rings. The number of nitrogens with one attached hydrogen (secondary N) is 1. The van der Waals surface area contributed by atoms with Gasteiger partial charge >= 0.3 is 0 Å². The Bertz CT molecular complexity index is 306. The van der Waals surface area contributed by atoms with Crippen molar-refractivity contribution in [3.63, 3.8) is 0 Å². The third-order valence-electron chi connectivity index (χ3n) is 3.21. The van der Waals surface area contributed by atoms with Gasteiger partial charge in [-0.05, 0) is 24.2 Å². The van der Waals surface area contributed by atoms with Crippen LogP contribution in [0.2, 0.25) is 0 Å². The van der Waals surface area contributed by atoms with Gasteiger partial charge in [-0.1, -0.05) is 20.8 Å². The second-order valence-electron chi connectivity index (χ2n) is 5.93. The minimum atomic E-state index is -0.412. The van der Waals surface area contributed by atoms with E-state index in [9.17, 15) is 9.59 Å². The maximum absolute atomic E-state index is 12.0. The molecule has 0 aromatic rings. The van der Waals surface area contributed by atoms with Crippen LogP contribution in [0.25, 0.3) is 0 Å². The fraction of sp³-hybridized carbons (Fsp3) is 0.846. The van der Waals surface area contributed by atoms with Gasteiger partial charge in [0.15, 0.2) is 0 Å². The zero-order valence-corrected chi connectivity index (χ0v) is 13.5. The standard InChI is InChI=1S/C13H22INO3/c1-13(2,3)11(12(14)17)15-10(16)8-9-4-6-18-7-5-9/h9,11H,4-8H2,1-3H3,(H,15,16). The first-order valence-electron chi connectivity index (χ1n) is 6.37. The molecule has 1 rings (SSSR count). The van der Waals surface area contributed by atoms with E-state index in [1.807, 2.05) is 20.8 Å². The highest BCUT2D eigenvalue weighted by Crippen LogP contribution is 2.23. The van der Waals surface area contributed by atoms with Crippen LogP contribution in [-0.2, 0) is 14.3 Å². The number of carbonyl (C=O) groups is 2. The second kappa shape index (κ2) is 6.84. The molecule has 1 aliphatic heterocycles. The summed E-state index contributed by atoms with van der Waals surface area (Å²) in [4.78, 5) is 23.5. The van der Waals surface area contributed by atoms with Crippen molar-refractivity contribution in [1.29, 1.82) is 0 Å². The van der Waals surface area contributed by atoms with Gasteiger partial charge in [-0.3, -0.25) is 9.59 Å². The topological polar surface area (TPSA) is 55.4 Å². The molecule has 0 aromatic heterocycles. The zero-order valence-electron chi connectivity index (χ0n) is 11.3. The fourth-order valence-electron chi connectivity index (χ4n) is 2.05. The highest BCUT2D eigenvalue weighted by Gasteiger charge is 2.31. The normalized spacial score (nSPS) is 19.3. The molecule has 0 saturated carbocycles. The van der Waals surface area contributed by atoms with Gasteiger partial charge in [0.2, 0.25) is 9.70 Å². The van der Waals surface area contributed by atoms with Crippen LogP contribution in [0, 0.1) is 11.3 Å². The zero-order chi connectivity index (χ0) is 13.8. The van der Waals surface area contributed by atoms with Crippen molar-refractivity contribution in [2.75, 3.05) is 13.2 Å². The van der Waals surface area contributed by atoms with Crippen molar-refractivity contribution < 1.29 is 14.3 Å². The molecule has 0 radical (unpaired) electrons. The van der Waals surface area contributed by atoms with E-state index in [1.165, 1.54) is 0 Å². The summed E-state index contributed by atoms with van der Waals surface area (Å²) in [6, 6.07) is -0.412. The molecule has 1 fully saturated rings. The number of rotatable bonds is 4. The molecule has 0 aliphatic carbocycles. The summed E-state index contributed by atoms with van der Waals surface area (Å²) in [6.45, 7) is 7.37. The van der Waals surface area contributed by atoms with Gasteiger partial charge in [0.05, 0.1) is 0 Å². The van der Waals surface area contributed by atoms with E-state index in [1.54, 1.807) is 22.6 Å². The van der Waals surface area contributed by atoms with E-state index in [0.717, 1.165) is 26.1 Å². The van der Waals surface area contributed by atoms with Gasteiger partial charge in [0, 0.05) is 42.2 Å². The maximum Gasteiger partial charge on any atom is 0.220 e. The Morgan fingerprint density at radius 2 is 1.89 bits per heavy atom. The van der Waals surface area contributed by atoms with Gasteiger partial charge in [-0.2, -0.15) is 0 Å². The number of amides is 1. The molecule has 0 aromatic carbocycles. The van der Waals surface area contributed by atoms with E-state index in [2.05, 4.69) is 5.32 Å². The molecule has 1 amide bonds. The second-order valence-corrected chi connectivity index (χ2v) is 6.99. The molecule has 1 atom stereocenters. The van der Waals surface area contributed by atoms with Gasteiger partial charge in [0.25, 0.3) is 0 Å². The van der Waals surface area contributed by atoms with Crippen LogP contribution >= 0.6 is 22.6 Å². The molecule has 1 unspecified atom stereocenters. The van der Waals surface area contributed by atoms with Crippen molar-refractivity contribution in [2.24, 2.45) is 11.3 Å². The lowest BCUT2D eigenvalue weighted by atomic mass is 9.87. The Morgan fingerprint density at radius 1 is 1.33 bits per heavy atom. The lowest BCUT2D eigenvalue weighted by Gasteiger charge is -2.29. The molecular weight excluding hydrogens is 345 g/mol. The van der Waals surface area contributed by atoms with Crippen LogP contribution in [-0.4, -0.2) is 29.0 Å². The third-order valence-corrected chi connectivity index (χ3v) is 3.84. The summed E-state index contributed by atoms with van der Waals surface area (Å²) in [5, 5.41) is 2.87. The number of ether oxygens (including phenoxy) is 1. The van der Waals surface area contributed by atoms with E-state index < -0.39 is 6.04 Å². The Labute approximate surface area is 122 Å². The van der Waals surface area contributed by atoms with Crippen LogP contribution in [0.3, 0.4) is 0 Å². The Morgan fingerprint density at radius 3 is 2.33 bits per heavy atom. The summed E-state index contributed by atoms with van der Waals surface area (Å²) in [6.07, 6.45) is 2.37. The maximum atomic E-state index is 12.0. The van der Waals surface area contributed by atoms with E-state index >= 15 is 0 Å². The van der Waals surface area contributed by atoms with Crippen molar-refractivity contribution in [2.45, 2.75) is 46.1 Å². The van der Waals surface area contributed by atoms with Gasteiger partial charge in [0.1, 0.15) is 6.04 Å². The van der Waals surface area contributed by atoms with Crippen LogP contribution in [0.1, 0.15) is 40.0 Å². The average molecular weight is 367 g/mol. The molecule has 4 nitrogen and oxygen atoms in total. The number of hydrogen-bond acceptors (Lipinski definition) is 3. The first kappa shape index (κ1) is 15.9. The van der Waals surface area contributed by atoms with Crippen LogP contribution in [0.4, 0.5) is 0 Å². The predicted molar refractivity (Wildman–Crippen MR) is 78.6 cm³/mol. The quantitative estimate of drug-likeness (QED) is 0.613. The van der Waals surface area contributed by atoms with Crippen molar-refractivity contribution in [3.05, 3.63) is 0 Å². The van der Waals surface area contributed by atoms with E-state index in [0.29, 0.717) is 12.3 Å². The van der Waals surface area contributed by atoms with Crippen LogP contribution in [0.5, 0.6) is 0 Å². The average Bonchev–Trinajstić information content (AvgIpc) is 2.25. The lowest BCUT2D eigenvalue weighted by Crippen LogP contribution is -2.47. The molecule has 5 heteroatoms. The van der Waals surface area contributed by atoms with E-state index in [-0.39, 0.29) is 15.1 Å². The minimum Gasteiger partial charge on any atom is -0.381 e. The summed E-state index contributed by atoms with van der Waals surface area (Å²) in [5.41, 5.74) is -0.246.